The zero-order valence-corrected chi connectivity index (χ0v) is 18.8. The normalized spacial score (nSPS) is 10.8. The van der Waals surface area contributed by atoms with E-state index in [0.29, 0.717) is 34.2 Å². The maximum atomic E-state index is 12.4. The average molecular weight is 462 g/mol. The summed E-state index contributed by atoms with van der Waals surface area (Å²) in [7, 11) is 4.90. The lowest BCUT2D eigenvalue weighted by Crippen LogP contribution is -2.21. The van der Waals surface area contributed by atoms with Gasteiger partial charge in [0.1, 0.15) is 6.61 Å². The van der Waals surface area contributed by atoms with E-state index in [4.69, 9.17) is 13.7 Å². The number of amides is 2. The highest BCUT2D eigenvalue weighted by Crippen LogP contribution is 2.25. The number of benzene rings is 2. The average Bonchev–Trinajstić information content (AvgIpc) is 3.49. The van der Waals surface area contributed by atoms with E-state index in [1.54, 1.807) is 63.7 Å². The Balaban J connectivity index is 1.40. The second-order valence-corrected chi connectivity index (χ2v) is 7.53. The van der Waals surface area contributed by atoms with Gasteiger partial charge in [0.15, 0.2) is 5.82 Å². The van der Waals surface area contributed by atoms with Crippen LogP contribution < -0.4 is 5.32 Å². The van der Waals surface area contributed by atoms with Crippen molar-refractivity contribution in [1.29, 1.82) is 0 Å². The standard InChI is InChI=1S/C23H22N6O5/c1-29(2)23(31)14-7-9-17(10-8-14)24-19(30)12-18-25-21(34-28-18)15-5-4-6-16(11-15)22-27-26-20(33-22)13-32-3/h4-11H,12-13H2,1-3H3,(H,24,30). The molecule has 0 unspecified atom stereocenters. The third-order valence-corrected chi connectivity index (χ3v) is 4.70. The molecule has 174 valence electrons. The Morgan fingerprint density at radius 3 is 2.47 bits per heavy atom. The van der Waals surface area contributed by atoms with Gasteiger partial charge in [-0.3, -0.25) is 9.59 Å². The van der Waals surface area contributed by atoms with Gasteiger partial charge < -0.3 is 23.9 Å². The fourth-order valence-electron chi connectivity index (χ4n) is 3.08. The van der Waals surface area contributed by atoms with E-state index in [0.717, 1.165) is 0 Å². The van der Waals surface area contributed by atoms with Crippen LogP contribution in [0.5, 0.6) is 0 Å². The van der Waals surface area contributed by atoms with Crippen molar-refractivity contribution in [3.05, 3.63) is 65.8 Å². The predicted molar refractivity (Wildman–Crippen MR) is 121 cm³/mol. The molecule has 0 spiro atoms. The Kier molecular flexibility index (Phi) is 6.74. The monoisotopic (exact) mass is 462 g/mol. The van der Waals surface area contributed by atoms with Crippen molar-refractivity contribution in [2.24, 2.45) is 0 Å². The van der Waals surface area contributed by atoms with Crippen LogP contribution >= 0.6 is 0 Å². The summed E-state index contributed by atoms with van der Waals surface area (Å²) in [6.07, 6.45) is -0.0778. The SMILES string of the molecule is COCc1nnc(-c2cccc(-c3nc(CC(=O)Nc4ccc(C(=O)N(C)C)cc4)no3)c2)o1. The fraction of sp³-hybridized carbons (Fsp3) is 0.217. The van der Waals surface area contributed by atoms with Gasteiger partial charge in [0, 0.05) is 43.6 Å². The van der Waals surface area contributed by atoms with Gasteiger partial charge in [-0.25, -0.2) is 0 Å². The van der Waals surface area contributed by atoms with E-state index in [1.165, 1.54) is 4.90 Å². The van der Waals surface area contributed by atoms with Gasteiger partial charge in [0.2, 0.25) is 17.7 Å². The van der Waals surface area contributed by atoms with Crippen molar-refractivity contribution in [2.75, 3.05) is 26.5 Å². The van der Waals surface area contributed by atoms with E-state index in [9.17, 15) is 9.59 Å². The van der Waals surface area contributed by atoms with Crippen molar-refractivity contribution in [3.8, 4) is 22.9 Å². The van der Waals surface area contributed by atoms with Gasteiger partial charge in [-0.1, -0.05) is 11.2 Å². The molecule has 0 fully saturated rings. The van der Waals surface area contributed by atoms with E-state index in [2.05, 4.69) is 25.7 Å². The third kappa shape index (κ3) is 5.33. The molecule has 0 radical (unpaired) electrons. The van der Waals surface area contributed by atoms with E-state index in [1.807, 2.05) is 6.07 Å². The molecule has 34 heavy (non-hydrogen) atoms. The highest BCUT2D eigenvalue weighted by atomic mass is 16.5. The molecular weight excluding hydrogens is 440 g/mol. The number of carbonyl (C=O) groups excluding carboxylic acids is 2. The van der Waals surface area contributed by atoms with Crippen molar-refractivity contribution in [3.63, 3.8) is 0 Å². The lowest BCUT2D eigenvalue weighted by atomic mass is 10.1. The summed E-state index contributed by atoms with van der Waals surface area (Å²) < 4.78 is 15.9. The first kappa shape index (κ1) is 22.8. The number of methoxy groups -OCH3 is 1. The molecule has 11 nitrogen and oxygen atoms in total. The lowest BCUT2D eigenvalue weighted by Gasteiger charge is -2.10. The molecule has 1 N–H and O–H groups in total. The van der Waals surface area contributed by atoms with E-state index in [-0.39, 0.29) is 36.6 Å². The Labute approximate surface area is 194 Å². The minimum Gasteiger partial charge on any atom is -0.418 e. The number of anilines is 1. The molecule has 4 rings (SSSR count). The Morgan fingerprint density at radius 2 is 1.76 bits per heavy atom. The van der Waals surface area contributed by atoms with Gasteiger partial charge in [0.25, 0.3) is 11.8 Å². The van der Waals surface area contributed by atoms with Crippen molar-refractivity contribution >= 4 is 17.5 Å². The van der Waals surface area contributed by atoms with E-state index < -0.39 is 0 Å². The molecule has 2 aromatic carbocycles. The van der Waals surface area contributed by atoms with Crippen molar-refractivity contribution < 1.29 is 23.3 Å². The number of nitrogens with zero attached hydrogens (tertiary/aromatic N) is 5. The first-order chi connectivity index (χ1) is 16.4. The fourth-order valence-corrected chi connectivity index (χ4v) is 3.08. The molecule has 2 amide bonds. The largest absolute Gasteiger partial charge is 0.418 e. The van der Waals surface area contributed by atoms with Crippen LogP contribution in [-0.4, -0.2) is 58.3 Å². The predicted octanol–water partition coefficient (Wildman–Crippen LogP) is 2.82. The highest BCUT2D eigenvalue weighted by molar-refractivity contribution is 5.95. The van der Waals surface area contributed by atoms with Crippen LogP contribution in [0.3, 0.4) is 0 Å². The second-order valence-electron chi connectivity index (χ2n) is 7.53. The van der Waals surface area contributed by atoms with Crippen molar-refractivity contribution in [1.82, 2.24) is 25.2 Å². The topological polar surface area (TPSA) is 136 Å². The number of ether oxygens (including phenoxy) is 1. The summed E-state index contributed by atoms with van der Waals surface area (Å²) >= 11 is 0. The molecule has 11 heteroatoms. The Morgan fingerprint density at radius 1 is 1.03 bits per heavy atom. The maximum Gasteiger partial charge on any atom is 0.257 e. The number of hydrogen-bond acceptors (Lipinski definition) is 9. The zero-order valence-electron chi connectivity index (χ0n) is 18.8. The molecule has 0 atom stereocenters. The maximum absolute atomic E-state index is 12.4. The smallest absolute Gasteiger partial charge is 0.257 e. The van der Waals surface area contributed by atoms with Crippen LogP contribution in [-0.2, 0) is 22.6 Å². The molecule has 2 heterocycles. The first-order valence-electron chi connectivity index (χ1n) is 10.3. The minimum absolute atomic E-state index is 0.0778. The molecule has 0 aliphatic carbocycles. The van der Waals surface area contributed by atoms with Crippen molar-refractivity contribution in [2.45, 2.75) is 13.0 Å². The number of hydrogen-bond donors (Lipinski definition) is 1. The molecule has 0 saturated carbocycles. The Hall–Kier alpha value is -4.38. The second kappa shape index (κ2) is 10.0. The van der Waals surface area contributed by atoms with Gasteiger partial charge in [-0.2, -0.15) is 4.98 Å². The van der Waals surface area contributed by atoms with Gasteiger partial charge in [0.05, 0.1) is 6.42 Å². The lowest BCUT2D eigenvalue weighted by molar-refractivity contribution is -0.115. The van der Waals surface area contributed by atoms with Gasteiger partial charge >= 0.3 is 0 Å². The van der Waals surface area contributed by atoms with Crippen LogP contribution in [0.25, 0.3) is 22.9 Å². The molecule has 0 saturated heterocycles. The van der Waals surface area contributed by atoms with Crippen LogP contribution in [0.15, 0.2) is 57.5 Å². The Bertz CT molecular complexity index is 1300. The van der Waals surface area contributed by atoms with Gasteiger partial charge in [-0.05, 0) is 42.5 Å². The zero-order chi connectivity index (χ0) is 24.1. The van der Waals surface area contributed by atoms with Crippen LogP contribution in [0, 0.1) is 0 Å². The summed E-state index contributed by atoms with van der Waals surface area (Å²) in [6.45, 7) is 0.222. The molecule has 2 aromatic heterocycles. The summed E-state index contributed by atoms with van der Waals surface area (Å²) in [6, 6.07) is 13.8. The summed E-state index contributed by atoms with van der Waals surface area (Å²) in [5, 5.41) is 14.6. The molecule has 0 aliphatic heterocycles. The quantitative estimate of drug-likeness (QED) is 0.419. The molecular formula is C23H22N6O5. The number of carbonyl (C=O) groups is 2. The third-order valence-electron chi connectivity index (χ3n) is 4.70. The first-order valence-corrected chi connectivity index (χ1v) is 10.3. The van der Waals surface area contributed by atoms with Crippen LogP contribution in [0.2, 0.25) is 0 Å². The number of rotatable bonds is 8. The summed E-state index contributed by atoms with van der Waals surface area (Å²) in [4.78, 5) is 30.2. The summed E-state index contributed by atoms with van der Waals surface area (Å²) in [5.74, 6) is 0.768. The number of nitrogens with one attached hydrogen (secondary N) is 1. The minimum atomic E-state index is -0.315. The molecule has 0 bridgehead atoms. The van der Waals surface area contributed by atoms with Crippen LogP contribution in [0.4, 0.5) is 5.69 Å². The van der Waals surface area contributed by atoms with E-state index >= 15 is 0 Å². The van der Waals surface area contributed by atoms with Gasteiger partial charge in [-0.15, -0.1) is 10.2 Å². The molecule has 0 aliphatic rings. The number of aromatic nitrogens is 4. The molecule has 4 aromatic rings. The summed E-state index contributed by atoms with van der Waals surface area (Å²) in [5.41, 5.74) is 2.41. The van der Waals surface area contributed by atoms with Crippen LogP contribution in [0.1, 0.15) is 22.1 Å². The highest BCUT2D eigenvalue weighted by Gasteiger charge is 2.15.